The molecule has 2 rings (SSSR count). The molecular weight excluding hydrogens is 212 g/mol. The van der Waals surface area contributed by atoms with Crippen LogP contribution in [0.5, 0.6) is 0 Å². The van der Waals surface area contributed by atoms with Gasteiger partial charge in [0.05, 0.1) is 0 Å². The largest absolute Gasteiger partial charge is 0.385 e. The molecule has 0 saturated carbocycles. The quantitative estimate of drug-likeness (QED) is 0.877. The maximum atomic E-state index is 10.0. The van der Waals surface area contributed by atoms with Crippen LogP contribution in [0, 0.1) is 13.8 Å². The van der Waals surface area contributed by atoms with Gasteiger partial charge in [0.25, 0.3) is 0 Å². The molecule has 1 aromatic heterocycles. The van der Waals surface area contributed by atoms with Crippen molar-refractivity contribution in [3.05, 3.63) is 59.2 Å². The van der Waals surface area contributed by atoms with Crippen LogP contribution in [0.2, 0.25) is 0 Å². The van der Waals surface area contributed by atoms with Crippen LogP contribution in [-0.2, 0) is 6.42 Å². The Morgan fingerprint density at radius 1 is 1.06 bits per heavy atom. The minimum atomic E-state index is -0.641. The van der Waals surface area contributed by atoms with E-state index in [0.717, 1.165) is 5.56 Å². The number of hydrogen-bond acceptors (Lipinski definition) is 3. The van der Waals surface area contributed by atoms with Crippen molar-refractivity contribution in [1.82, 2.24) is 9.97 Å². The zero-order valence-electron chi connectivity index (χ0n) is 10.1. The summed E-state index contributed by atoms with van der Waals surface area (Å²) in [5.41, 5.74) is 3.53. The van der Waals surface area contributed by atoms with Gasteiger partial charge in [-0.05, 0) is 25.5 Å². The van der Waals surface area contributed by atoms with Gasteiger partial charge in [0.1, 0.15) is 6.10 Å². The second-order valence-corrected chi connectivity index (χ2v) is 4.32. The van der Waals surface area contributed by atoms with Crippen molar-refractivity contribution in [3.63, 3.8) is 0 Å². The molecule has 0 radical (unpaired) electrons. The molecule has 0 spiro atoms. The number of nitrogens with zero attached hydrogens (tertiary/aromatic N) is 2. The van der Waals surface area contributed by atoms with Crippen LogP contribution in [0.4, 0.5) is 0 Å². The highest BCUT2D eigenvalue weighted by Crippen LogP contribution is 2.16. The summed E-state index contributed by atoms with van der Waals surface area (Å²) in [5.74, 6) is 0.478. The summed E-state index contributed by atoms with van der Waals surface area (Å²) in [4.78, 5) is 8.12. The van der Waals surface area contributed by atoms with E-state index in [2.05, 4.69) is 42.0 Å². The van der Waals surface area contributed by atoms with Gasteiger partial charge in [0.15, 0.2) is 5.82 Å². The second-order valence-electron chi connectivity index (χ2n) is 4.32. The molecule has 3 heteroatoms. The van der Waals surface area contributed by atoms with Gasteiger partial charge in [-0.2, -0.15) is 0 Å². The molecule has 3 nitrogen and oxygen atoms in total. The van der Waals surface area contributed by atoms with Gasteiger partial charge in [-0.15, -0.1) is 0 Å². The number of hydrogen-bond donors (Lipinski definition) is 1. The van der Waals surface area contributed by atoms with Crippen molar-refractivity contribution in [1.29, 1.82) is 0 Å². The predicted molar refractivity (Wildman–Crippen MR) is 66.6 cm³/mol. The van der Waals surface area contributed by atoms with Crippen molar-refractivity contribution in [2.45, 2.75) is 26.4 Å². The Balaban J connectivity index is 2.16. The molecule has 0 saturated heterocycles. The summed E-state index contributed by atoms with van der Waals surface area (Å²) in [6.45, 7) is 4.11. The average molecular weight is 228 g/mol. The van der Waals surface area contributed by atoms with Crippen LogP contribution in [0.1, 0.15) is 28.6 Å². The molecule has 0 amide bonds. The molecule has 0 aliphatic carbocycles. The Kier molecular flexibility index (Phi) is 3.49. The fourth-order valence-corrected chi connectivity index (χ4v) is 1.98. The minimum absolute atomic E-state index is 0.478. The highest BCUT2D eigenvalue weighted by atomic mass is 16.3. The first kappa shape index (κ1) is 11.7. The van der Waals surface area contributed by atoms with Crippen molar-refractivity contribution >= 4 is 0 Å². The standard InChI is InChI=1S/C14H16N2O/c1-10-6-11(2)8-12(7-10)9-13(17)14-15-4-3-5-16-14/h3-8,13,17H,9H2,1-2H3. The molecule has 1 atom stereocenters. The number of aryl methyl sites for hydroxylation is 2. The zero-order chi connectivity index (χ0) is 12.3. The summed E-state index contributed by atoms with van der Waals surface area (Å²) in [7, 11) is 0. The number of rotatable bonds is 3. The minimum Gasteiger partial charge on any atom is -0.385 e. The predicted octanol–water partition coefficient (Wildman–Crippen LogP) is 2.37. The number of aliphatic hydroxyl groups is 1. The van der Waals surface area contributed by atoms with Crippen LogP contribution in [0.3, 0.4) is 0 Å². The number of aliphatic hydroxyl groups excluding tert-OH is 1. The van der Waals surface area contributed by atoms with E-state index in [1.54, 1.807) is 18.5 Å². The third-order valence-electron chi connectivity index (χ3n) is 2.59. The first-order valence-corrected chi connectivity index (χ1v) is 5.67. The summed E-state index contributed by atoms with van der Waals surface area (Å²) in [6, 6.07) is 8.03. The zero-order valence-corrected chi connectivity index (χ0v) is 10.1. The molecule has 17 heavy (non-hydrogen) atoms. The van der Waals surface area contributed by atoms with Gasteiger partial charge in [0.2, 0.25) is 0 Å². The maximum absolute atomic E-state index is 10.0. The lowest BCUT2D eigenvalue weighted by Crippen LogP contribution is -2.06. The molecule has 0 aliphatic rings. The van der Waals surface area contributed by atoms with Gasteiger partial charge in [-0.3, -0.25) is 0 Å². The molecule has 2 aromatic rings. The monoisotopic (exact) mass is 228 g/mol. The van der Waals surface area contributed by atoms with E-state index < -0.39 is 6.10 Å². The van der Waals surface area contributed by atoms with E-state index in [0.29, 0.717) is 12.2 Å². The Morgan fingerprint density at radius 3 is 2.24 bits per heavy atom. The molecule has 88 valence electrons. The van der Waals surface area contributed by atoms with Gasteiger partial charge < -0.3 is 5.11 Å². The Labute approximate surface area is 101 Å². The molecule has 1 unspecified atom stereocenters. The van der Waals surface area contributed by atoms with E-state index in [4.69, 9.17) is 0 Å². The summed E-state index contributed by atoms with van der Waals surface area (Å²) < 4.78 is 0. The molecule has 0 fully saturated rings. The molecule has 1 heterocycles. The third kappa shape index (κ3) is 3.11. The van der Waals surface area contributed by atoms with Gasteiger partial charge >= 0.3 is 0 Å². The van der Waals surface area contributed by atoms with Crippen molar-refractivity contribution in [2.75, 3.05) is 0 Å². The van der Waals surface area contributed by atoms with Crippen LogP contribution in [0.25, 0.3) is 0 Å². The van der Waals surface area contributed by atoms with Crippen molar-refractivity contribution in [2.24, 2.45) is 0 Å². The first-order valence-electron chi connectivity index (χ1n) is 5.67. The third-order valence-corrected chi connectivity index (χ3v) is 2.59. The average Bonchev–Trinajstić information content (AvgIpc) is 2.28. The fourth-order valence-electron chi connectivity index (χ4n) is 1.98. The van der Waals surface area contributed by atoms with E-state index >= 15 is 0 Å². The Hall–Kier alpha value is -1.74. The van der Waals surface area contributed by atoms with E-state index in [1.807, 2.05) is 0 Å². The lowest BCUT2D eigenvalue weighted by molar-refractivity contribution is 0.168. The van der Waals surface area contributed by atoms with Crippen LogP contribution < -0.4 is 0 Å². The second kappa shape index (κ2) is 5.06. The fraction of sp³-hybridized carbons (Fsp3) is 0.286. The molecule has 1 N–H and O–H groups in total. The smallest absolute Gasteiger partial charge is 0.157 e. The van der Waals surface area contributed by atoms with E-state index in [-0.39, 0.29) is 0 Å². The van der Waals surface area contributed by atoms with Crippen LogP contribution in [0.15, 0.2) is 36.7 Å². The van der Waals surface area contributed by atoms with Crippen molar-refractivity contribution in [3.8, 4) is 0 Å². The summed E-state index contributed by atoms with van der Waals surface area (Å²) >= 11 is 0. The molecule has 0 aliphatic heterocycles. The van der Waals surface area contributed by atoms with Gasteiger partial charge in [-0.25, -0.2) is 9.97 Å². The van der Waals surface area contributed by atoms with E-state index in [9.17, 15) is 5.11 Å². The Morgan fingerprint density at radius 2 is 1.65 bits per heavy atom. The highest BCUT2D eigenvalue weighted by molar-refractivity contribution is 5.29. The van der Waals surface area contributed by atoms with Crippen LogP contribution in [-0.4, -0.2) is 15.1 Å². The Bertz CT molecular complexity index is 477. The van der Waals surface area contributed by atoms with Crippen LogP contribution >= 0.6 is 0 Å². The first-order chi connectivity index (χ1) is 8.15. The summed E-state index contributed by atoms with van der Waals surface area (Å²) in [5, 5.41) is 10.0. The topological polar surface area (TPSA) is 46.0 Å². The lowest BCUT2D eigenvalue weighted by Gasteiger charge is -2.10. The molecule has 0 bridgehead atoms. The number of benzene rings is 1. The van der Waals surface area contributed by atoms with Crippen molar-refractivity contribution < 1.29 is 5.11 Å². The highest BCUT2D eigenvalue weighted by Gasteiger charge is 2.11. The maximum Gasteiger partial charge on any atom is 0.157 e. The number of aromatic nitrogens is 2. The molecule has 1 aromatic carbocycles. The molecular formula is C14H16N2O. The van der Waals surface area contributed by atoms with Gasteiger partial charge in [-0.1, -0.05) is 29.3 Å². The summed E-state index contributed by atoms with van der Waals surface area (Å²) in [6.07, 6.45) is 3.20. The van der Waals surface area contributed by atoms with E-state index in [1.165, 1.54) is 11.1 Å². The normalized spacial score (nSPS) is 12.4. The van der Waals surface area contributed by atoms with Gasteiger partial charge in [0, 0.05) is 18.8 Å². The SMILES string of the molecule is Cc1cc(C)cc(CC(O)c2ncccn2)c1. The lowest BCUT2D eigenvalue weighted by atomic mass is 10.0.